The maximum Gasteiger partial charge on any atom is 0.0231 e. The Bertz CT molecular complexity index is 540. The zero-order chi connectivity index (χ0) is 13.7. The third kappa shape index (κ3) is 4.63. The van der Waals surface area contributed by atoms with Gasteiger partial charge in [0.25, 0.3) is 0 Å². The van der Waals surface area contributed by atoms with Crippen LogP contribution in [0.15, 0.2) is 61.2 Å². The molecule has 0 aromatic heterocycles. The standard InChI is InChI=1S/C15H15Br2NS/c1-2-18-10-11-3-6-14(9-15(11)17)19-13-7-4-12(16)5-8-13/h3-9,18H,2,10H2,1H3. The molecule has 0 heterocycles. The number of hydrogen-bond acceptors (Lipinski definition) is 2. The predicted molar refractivity (Wildman–Crippen MR) is 89.8 cm³/mol. The van der Waals surface area contributed by atoms with Crippen molar-refractivity contribution in [2.24, 2.45) is 0 Å². The van der Waals surface area contributed by atoms with Gasteiger partial charge in [0.1, 0.15) is 0 Å². The summed E-state index contributed by atoms with van der Waals surface area (Å²) in [6.45, 7) is 4.01. The van der Waals surface area contributed by atoms with E-state index in [1.54, 1.807) is 11.8 Å². The second-order valence-corrected chi connectivity index (χ2v) is 7.01. The van der Waals surface area contributed by atoms with Crippen LogP contribution in [0.2, 0.25) is 0 Å². The van der Waals surface area contributed by atoms with Gasteiger partial charge in [0, 0.05) is 25.3 Å². The predicted octanol–water partition coefficient (Wildman–Crippen LogP) is 5.47. The van der Waals surface area contributed by atoms with E-state index in [0.717, 1.165) is 22.0 Å². The van der Waals surface area contributed by atoms with Crippen LogP contribution in [-0.2, 0) is 6.54 Å². The molecule has 19 heavy (non-hydrogen) atoms. The molecule has 0 aliphatic heterocycles. The summed E-state index contributed by atoms with van der Waals surface area (Å²) >= 11 is 8.87. The minimum absolute atomic E-state index is 0.903. The van der Waals surface area contributed by atoms with Gasteiger partial charge >= 0.3 is 0 Å². The van der Waals surface area contributed by atoms with Crippen LogP contribution in [0, 0.1) is 0 Å². The largest absolute Gasteiger partial charge is 0.313 e. The minimum atomic E-state index is 0.903. The van der Waals surface area contributed by atoms with Crippen LogP contribution < -0.4 is 5.32 Å². The van der Waals surface area contributed by atoms with Crippen molar-refractivity contribution < 1.29 is 0 Å². The van der Waals surface area contributed by atoms with E-state index in [2.05, 4.69) is 86.6 Å². The van der Waals surface area contributed by atoms with Crippen LogP contribution in [0.4, 0.5) is 0 Å². The van der Waals surface area contributed by atoms with Crippen molar-refractivity contribution in [2.45, 2.75) is 23.3 Å². The van der Waals surface area contributed by atoms with E-state index in [1.165, 1.54) is 15.4 Å². The Morgan fingerprint density at radius 2 is 1.68 bits per heavy atom. The molecule has 0 bridgehead atoms. The van der Waals surface area contributed by atoms with Crippen molar-refractivity contribution in [3.05, 3.63) is 57.0 Å². The van der Waals surface area contributed by atoms with Gasteiger partial charge in [0.05, 0.1) is 0 Å². The van der Waals surface area contributed by atoms with Gasteiger partial charge in [-0.2, -0.15) is 0 Å². The molecule has 2 aromatic rings. The van der Waals surface area contributed by atoms with Gasteiger partial charge in [-0.3, -0.25) is 0 Å². The summed E-state index contributed by atoms with van der Waals surface area (Å²) in [7, 11) is 0. The second-order valence-electron chi connectivity index (χ2n) is 4.09. The Kier molecular flexibility index (Phi) is 5.95. The van der Waals surface area contributed by atoms with E-state index >= 15 is 0 Å². The average molecular weight is 401 g/mol. The smallest absolute Gasteiger partial charge is 0.0231 e. The molecular weight excluding hydrogens is 386 g/mol. The maximum absolute atomic E-state index is 3.64. The summed E-state index contributed by atoms with van der Waals surface area (Å²) in [4.78, 5) is 2.49. The van der Waals surface area contributed by atoms with Gasteiger partial charge in [-0.05, 0) is 48.5 Å². The topological polar surface area (TPSA) is 12.0 Å². The van der Waals surface area contributed by atoms with Crippen molar-refractivity contribution in [2.75, 3.05) is 6.54 Å². The maximum atomic E-state index is 3.64. The van der Waals surface area contributed by atoms with Gasteiger partial charge in [-0.1, -0.05) is 56.6 Å². The summed E-state index contributed by atoms with van der Waals surface area (Å²) in [5, 5.41) is 3.34. The summed E-state index contributed by atoms with van der Waals surface area (Å²) < 4.78 is 2.27. The zero-order valence-electron chi connectivity index (χ0n) is 10.6. The lowest BCUT2D eigenvalue weighted by atomic mass is 10.2. The highest BCUT2D eigenvalue weighted by molar-refractivity contribution is 9.10. The molecule has 0 amide bonds. The lowest BCUT2D eigenvalue weighted by molar-refractivity contribution is 0.724. The fraction of sp³-hybridized carbons (Fsp3) is 0.200. The van der Waals surface area contributed by atoms with Crippen molar-refractivity contribution in [1.29, 1.82) is 0 Å². The van der Waals surface area contributed by atoms with Crippen LogP contribution in [0.1, 0.15) is 12.5 Å². The number of halogens is 2. The fourth-order valence-corrected chi connectivity index (χ4v) is 3.43. The normalized spacial score (nSPS) is 10.7. The zero-order valence-corrected chi connectivity index (χ0v) is 14.6. The van der Waals surface area contributed by atoms with Crippen LogP contribution in [0.25, 0.3) is 0 Å². The Morgan fingerprint density at radius 3 is 2.32 bits per heavy atom. The molecule has 100 valence electrons. The summed E-state index contributed by atoms with van der Waals surface area (Å²) in [5.41, 5.74) is 1.29. The van der Waals surface area contributed by atoms with Crippen molar-refractivity contribution in [3.8, 4) is 0 Å². The molecular formula is C15H15Br2NS. The molecule has 2 aromatic carbocycles. The first-order chi connectivity index (χ1) is 9.19. The van der Waals surface area contributed by atoms with Crippen LogP contribution >= 0.6 is 43.6 Å². The first-order valence-corrected chi connectivity index (χ1v) is 8.52. The highest BCUT2D eigenvalue weighted by Gasteiger charge is 2.03. The first kappa shape index (κ1) is 15.1. The third-order valence-corrected chi connectivity index (χ3v) is 4.90. The molecule has 2 rings (SSSR count). The third-order valence-electron chi connectivity index (χ3n) is 2.64. The lowest BCUT2D eigenvalue weighted by Crippen LogP contribution is -2.11. The van der Waals surface area contributed by atoms with E-state index < -0.39 is 0 Å². The molecule has 4 heteroatoms. The molecule has 0 aliphatic carbocycles. The monoisotopic (exact) mass is 399 g/mol. The molecule has 0 fully saturated rings. The van der Waals surface area contributed by atoms with E-state index in [4.69, 9.17) is 0 Å². The van der Waals surface area contributed by atoms with Crippen molar-refractivity contribution in [3.63, 3.8) is 0 Å². The van der Waals surface area contributed by atoms with E-state index in [1.807, 2.05) is 0 Å². The molecule has 1 nitrogen and oxygen atoms in total. The molecule has 0 atom stereocenters. The van der Waals surface area contributed by atoms with Gasteiger partial charge in [0.15, 0.2) is 0 Å². The molecule has 0 spiro atoms. The van der Waals surface area contributed by atoms with E-state index in [9.17, 15) is 0 Å². The second kappa shape index (κ2) is 7.48. The highest BCUT2D eigenvalue weighted by Crippen LogP contribution is 2.31. The Hall–Kier alpha value is -0.290. The van der Waals surface area contributed by atoms with Crippen molar-refractivity contribution in [1.82, 2.24) is 5.32 Å². The first-order valence-electron chi connectivity index (χ1n) is 6.11. The molecule has 0 saturated carbocycles. The van der Waals surface area contributed by atoms with E-state index in [0.29, 0.717) is 0 Å². The molecule has 0 radical (unpaired) electrons. The summed E-state index contributed by atoms with van der Waals surface area (Å²) in [6, 6.07) is 14.9. The van der Waals surface area contributed by atoms with Crippen LogP contribution in [-0.4, -0.2) is 6.54 Å². The molecule has 0 saturated heterocycles. The summed E-state index contributed by atoms with van der Waals surface area (Å²) in [5.74, 6) is 0. The summed E-state index contributed by atoms with van der Waals surface area (Å²) in [6.07, 6.45) is 0. The SMILES string of the molecule is CCNCc1ccc(Sc2ccc(Br)cc2)cc1Br. The minimum Gasteiger partial charge on any atom is -0.313 e. The van der Waals surface area contributed by atoms with Crippen LogP contribution in [0.3, 0.4) is 0 Å². The number of benzene rings is 2. The molecule has 0 aliphatic rings. The van der Waals surface area contributed by atoms with Crippen LogP contribution in [0.5, 0.6) is 0 Å². The van der Waals surface area contributed by atoms with Gasteiger partial charge < -0.3 is 5.32 Å². The molecule has 1 N–H and O–H groups in total. The average Bonchev–Trinajstić information content (AvgIpc) is 2.41. The quantitative estimate of drug-likeness (QED) is 0.713. The Balaban J connectivity index is 2.09. The Morgan fingerprint density at radius 1 is 1.00 bits per heavy atom. The number of hydrogen-bond donors (Lipinski definition) is 1. The van der Waals surface area contributed by atoms with Gasteiger partial charge in [-0.25, -0.2) is 0 Å². The van der Waals surface area contributed by atoms with Gasteiger partial charge in [-0.15, -0.1) is 0 Å². The van der Waals surface area contributed by atoms with E-state index in [-0.39, 0.29) is 0 Å². The fourth-order valence-electron chi connectivity index (χ4n) is 1.63. The number of nitrogens with one attached hydrogen (secondary N) is 1. The number of rotatable bonds is 5. The van der Waals surface area contributed by atoms with Crippen molar-refractivity contribution >= 4 is 43.6 Å². The Labute approximate surface area is 135 Å². The molecule has 0 unspecified atom stereocenters. The van der Waals surface area contributed by atoms with Gasteiger partial charge in [0.2, 0.25) is 0 Å². The highest BCUT2D eigenvalue weighted by atomic mass is 79.9. The lowest BCUT2D eigenvalue weighted by Gasteiger charge is -2.08.